The van der Waals surface area contributed by atoms with Crippen molar-refractivity contribution in [2.24, 2.45) is 0 Å². The average Bonchev–Trinajstić information content (AvgIpc) is 2.47. The highest BCUT2D eigenvalue weighted by Crippen LogP contribution is 2.22. The molecule has 0 saturated carbocycles. The molecule has 20 heavy (non-hydrogen) atoms. The molecule has 1 heterocycles. The Labute approximate surface area is 118 Å². The fraction of sp³-hybridized carbons (Fsp3) is 0.267. The summed E-state index contributed by atoms with van der Waals surface area (Å²) in [6.45, 7) is 2.84. The van der Waals surface area contributed by atoms with Crippen LogP contribution in [-0.2, 0) is 0 Å². The topological polar surface area (TPSA) is 80.4 Å². The summed E-state index contributed by atoms with van der Waals surface area (Å²) >= 11 is 0. The van der Waals surface area contributed by atoms with Crippen molar-refractivity contribution in [3.05, 3.63) is 48.2 Å². The SMILES string of the molecule is CCOc1cccnc1NCC(O)c1ccc(N)cc1. The number of nitrogens with zero attached hydrogens (tertiary/aromatic N) is 1. The molecule has 0 amide bonds. The molecule has 0 saturated heterocycles. The normalized spacial score (nSPS) is 11.9. The maximum atomic E-state index is 10.1. The van der Waals surface area contributed by atoms with Crippen LogP contribution in [-0.4, -0.2) is 23.2 Å². The van der Waals surface area contributed by atoms with Gasteiger partial charge in [0, 0.05) is 18.4 Å². The first-order chi connectivity index (χ1) is 9.70. The van der Waals surface area contributed by atoms with Gasteiger partial charge in [0.2, 0.25) is 0 Å². The van der Waals surface area contributed by atoms with E-state index in [2.05, 4.69) is 10.3 Å². The van der Waals surface area contributed by atoms with Gasteiger partial charge in [0.1, 0.15) is 0 Å². The molecule has 106 valence electrons. The summed E-state index contributed by atoms with van der Waals surface area (Å²) in [6, 6.07) is 10.8. The Morgan fingerprint density at radius 1 is 1.30 bits per heavy atom. The van der Waals surface area contributed by atoms with Crippen LogP contribution in [0.1, 0.15) is 18.6 Å². The molecular weight excluding hydrogens is 254 g/mol. The Morgan fingerprint density at radius 2 is 2.05 bits per heavy atom. The second-order valence-electron chi connectivity index (χ2n) is 4.35. The van der Waals surface area contributed by atoms with Gasteiger partial charge in [-0.25, -0.2) is 4.98 Å². The molecular formula is C15H19N3O2. The largest absolute Gasteiger partial charge is 0.490 e. The highest BCUT2D eigenvalue weighted by molar-refractivity contribution is 5.49. The van der Waals surface area contributed by atoms with Gasteiger partial charge in [-0.2, -0.15) is 0 Å². The number of pyridine rings is 1. The molecule has 0 spiro atoms. The summed E-state index contributed by atoms with van der Waals surface area (Å²) in [5.41, 5.74) is 7.11. The van der Waals surface area contributed by atoms with Crippen molar-refractivity contribution in [2.75, 3.05) is 24.2 Å². The minimum absolute atomic E-state index is 0.348. The van der Waals surface area contributed by atoms with Crippen molar-refractivity contribution in [1.29, 1.82) is 0 Å². The zero-order valence-electron chi connectivity index (χ0n) is 11.4. The summed E-state index contributed by atoms with van der Waals surface area (Å²) in [5.74, 6) is 1.31. The second-order valence-corrected chi connectivity index (χ2v) is 4.35. The van der Waals surface area contributed by atoms with Gasteiger partial charge in [0.15, 0.2) is 11.6 Å². The summed E-state index contributed by atoms with van der Waals surface area (Å²) in [7, 11) is 0. The zero-order chi connectivity index (χ0) is 14.4. The smallest absolute Gasteiger partial charge is 0.168 e. The Bertz CT molecular complexity index is 543. The fourth-order valence-corrected chi connectivity index (χ4v) is 1.82. The zero-order valence-corrected chi connectivity index (χ0v) is 11.4. The van der Waals surface area contributed by atoms with Crippen LogP contribution in [0.4, 0.5) is 11.5 Å². The minimum atomic E-state index is -0.632. The van der Waals surface area contributed by atoms with Crippen LogP contribution in [0.25, 0.3) is 0 Å². The van der Waals surface area contributed by atoms with Gasteiger partial charge in [-0.1, -0.05) is 12.1 Å². The van der Waals surface area contributed by atoms with E-state index in [-0.39, 0.29) is 0 Å². The van der Waals surface area contributed by atoms with Crippen LogP contribution in [0.2, 0.25) is 0 Å². The summed E-state index contributed by atoms with van der Waals surface area (Å²) in [5, 5.41) is 13.2. The van der Waals surface area contributed by atoms with E-state index in [4.69, 9.17) is 10.5 Å². The molecule has 0 bridgehead atoms. The lowest BCUT2D eigenvalue weighted by Crippen LogP contribution is -2.13. The molecule has 0 fully saturated rings. The van der Waals surface area contributed by atoms with Crippen molar-refractivity contribution in [3.8, 4) is 5.75 Å². The van der Waals surface area contributed by atoms with Gasteiger partial charge < -0.3 is 20.9 Å². The standard InChI is InChI=1S/C15H19N3O2/c1-2-20-14-4-3-9-17-15(14)18-10-13(19)11-5-7-12(16)8-6-11/h3-9,13,19H,2,10,16H2,1H3,(H,17,18). The average molecular weight is 273 g/mol. The number of ether oxygens (including phenoxy) is 1. The van der Waals surface area contributed by atoms with Gasteiger partial charge in [-0.15, -0.1) is 0 Å². The maximum Gasteiger partial charge on any atom is 0.168 e. The number of nitrogens with two attached hydrogens (primary N) is 1. The molecule has 5 heteroatoms. The van der Waals surface area contributed by atoms with E-state index in [0.29, 0.717) is 30.4 Å². The Kier molecular flexibility index (Phi) is 4.79. The first-order valence-electron chi connectivity index (χ1n) is 6.56. The van der Waals surface area contributed by atoms with Crippen LogP contribution in [0, 0.1) is 0 Å². The number of hydrogen-bond donors (Lipinski definition) is 3. The molecule has 2 rings (SSSR count). The number of nitrogens with one attached hydrogen (secondary N) is 1. The van der Waals surface area contributed by atoms with Crippen molar-refractivity contribution in [3.63, 3.8) is 0 Å². The van der Waals surface area contributed by atoms with E-state index in [0.717, 1.165) is 5.56 Å². The predicted molar refractivity (Wildman–Crippen MR) is 79.7 cm³/mol. The molecule has 2 aromatic rings. The molecule has 4 N–H and O–H groups in total. The van der Waals surface area contributed by atoms with E-state index in [1.54, 1.807) is 18.3 Å². The summed E-state index contributed by atoms with van der Waals surface area (Å²) in [6.07, 6.45) is 1.05. The Balaban J connectivity index is 1.99. The molecule has 1 aromatic carbocycles. The van der Waals surface area contributed by atoms with Crippen LogP contribution >= 0.6 is 0 Å². The third-order valence-corrected chi connectivity index (χ3v) is 2.85. The third-order valence-electron chi connectivity index (χ3n) is 2.85. The number of aliphatic hydroxyl groups excluding tert-OH is 1. The van der Waals surface area contributed by atoms with Crippen molar-refractivity contribution < 1.29 is 9.84 Å². The number of nitrogen functional groups attached to an aromatic ring is 1. The Hall–Kier alpha value is -2.27. The number of anilines is 2. The number of hydrogen-bond acceptors (Lipinski definition) is 5. The second kappa shape index (κ2) is 6.77. The number of rotatable bonds is 6. The van der Waals surface area contributed by atoms with E-state index in [9.17, 15) is 5.11 Å². The summed E-state index contributed by atoms with van der Waals surface area (Å²) < 4.78 is 5.47. The van der Waals surface area contributed by atoms with Crippen molar-refractivity contribution in [2.45, 2.75) is 13.0 Å². The maximum absolute atomic E-state index is 10.1. The molecule has 5 nitrogen and oxygen atoms in total. The Morgan fingerprint density at radius 3 is 2.75 bits per heavy atom. The molecule has 0 aliphatic heterocycles. The highest BCUT2D eigenvalue weighted by Gasteiger charge is 2.09. The number of aromatic nitrogens is 1. The van der Waals surface area contributed by atoms with E-state index in [1.165, 1.54) is 0 Å². The number of benzene rings is 1. The van der Waals surface area contributed by atoms with Crippen LogP contribution < -0.4 is 15.8 Å². The van der Waals surface area contributed by atoms with Gasteiger partial charge in [-0.05, 0) is 36.8 Å². The van der Waals surface area contributed by atoms with Crippen LogP contribution in [0.5, 0.6) is 5.75 Å². The lowest BCUT2D eigenvalue weighted by molar-refractivity contribution is 0.191. The number of aliphatic hydroxyl groups is 1. The molecule has 0 aliphatic rings. The van der Waals surface area contributed by atoms with Gasteiger partial charge in [0.25, 0.3) is 0 Å². The van der Waals surface area contributed by atoms with Crippen LogP contribution in [0.15, 0.2) is 42.6 Å². The molecule has 1 atom stereocenters. The minimum Gasteiger partial charge on any atom is -0.490 e. The fourth-order valence-electron chi connectivity index (χ4n) is 1.82. The summed E-state index contributed by atoms with van der Waals surface area (Å²) in [4.78, 5) is 4.21. The lowest BCUT2D eigenvalue weighted by Gasteiger charge is -2.15. The van der Waals surface area contributed by atoms with Gasteiger partial charge >= 0.3 is 0 Å². The van der Waals surface area contributed by atoms with Crippen LogP contribution in [0.3, 0.4) is 0 Å². The van der Waals surface area contributed by atoms with Crippen molar-refractivity contribution >= 4 is 11.5 Å². The third kappa shape index (κ3) is 3.61. The van der Waals surface area contributed by atoms with E-state index < -0.39 is 6.10 Å². The first kappa shape index (κ1) is 14.1. The quantitative estimate of drug-likeness (QED) is 0.703. The first-order valence-corrected chi connectivity index (χ1v) is 6.56. The molecule has 1 unspecified atom stereocenters. The highest BCUT2D eigenvalue weighted by atomic mass is 16.5. The van der Waals surface area contributed by atoms with E-state index in [1.807, 2.05) is 31.2 Å². The molecule has 0 aliphatic carbocycles. The van der Waals surface area contributed by atoms with E-state index >= 15 is 0 Å². The van der Waals surface area contributed by atoms with Gasteiger partial charge in [0.05, 0.1) is 12.7 Å². The monoisotopic (exact) mass is 273 g/mol. The van der Waals surface area contributed by atoms with Gasteiger partial charge in [-0.3, -0.25) is 0 Å². The lowest BCUT2D eigenvalue weighted by atomic mass is 10.1. The molecule has 1 aromatic heterocycles. The molecule has 0 radical (unpaired) electrons. The predicted octanol–water partition coefficient (Wildman–Crippen LogP) is 2.21. The van der Waals surface area contributed by atoms with Crippen molar-refractivity contribution in [1.82, 2.24) is 4.98 Å².